The Balaban J connectivity index is 2.12. The average Bonchev–Trinajstić information content (AvgIpc) is 2.79. The quantitative estimate of drug-likeness (QED) is 0.746. The fourth-order valence-electron chi connectivity index (χ4n) is 1.84. The van der Waals surface area contributed by atoms with Gasteiger partial charge in [-0.2, -0.15) is 5.10 Å². The first-order chi connectivity index (χ1) is 7.75. The summed E-state index contributed by atoms with van der Waals surface area (Å²) in [5.74, 6) is 0.526. The Morgan fingerprint density at radius 2 is 2.06 bits per heavy atom. The highest BCUT2D eigenvalue weighted by molar-refractivity contribution is 5.99. The van der Waals surface area contributed by atoms with E-state index in [9.17, 15) is 4.79 Å². The van der Waals surface area contributed by atoms with E-state index < -0.39 is 0 Å². The van der Waals surface area contributed by atoms with Crippen LogP contribution in [0.2, 0.25) is 0 Å². The lowest BCUT2D eigenvalue weighted by Crippen LogP contribution is -2.07. The molecule has 16 heavy (non-hydrogen) atoms. The Hall–Kier alpha value is -2.30. The van der Waals surface area contributed by atoms with E-state index in [1.54, 1.807) is 4.68 Å². The van der Waals surface area contributed by atoms with Crippen LogP contribution in [0.5, 0.6) is 0 Å². The summed E-state index contributed by atoms with van der Waals surface area (Å²) in [6.45, 7) is 0.242. The van der Waals surface area contributed by atoms with Crippen molar-refractivity contribution in [3.05, 3.63) is 30.3 Å². The molecule has 1 aromatic heterocycles. The number of rotatable bonds is 1. The van der Waals surface area contributed by atoms with E-state index in [1.165, 1.54) is 0 Å². The van der Waals surface area contributed by atoms with E-state index in [2.05, 4.69) is 10.4 Å². The lowest BCUT2D eigenvalue weighted by atomic mass is 10.1. The molecule has 80 valence electrons. The van der Waals surface area contributed by atoms with Gasteiger partial charge in [-0.3, -0.25) is 4.79 Å². The zero-order valence-corrected chi connectivity index (χ0v) is 8.47. The Labute approximate surface area is 91.9 Å². The highest BCUT2D eigenvalue weighted by Gasteiger charge is 2.24. The highest BCUT2D eigenvalue weighted by Crippen LogP contribution is 2.33. The molecular weight excluding hydrogens is 204 g/mol. The van der Waals surface area contributed by atoms with Gasteiger partial charge < -0.3 is 11.1 Å². The number of fused-ring (bicyclic) bond motifs is 1. The second-order valence-electron chi connectivity index (χ2n) is 3.68. The van der Waals surface area contributed by atoms with E-state index in [1.807, 2.05) is 30.3 Å². The molecule has 1 aromatic carbocycles. The molecular formula is C11H10N4O. The standard InChI is InChI=1S/C11H10N4O/c12-9-10(7-4-2-1-3-5-7)14-15-6-8(16)13-11(9)15/h1-5H,6,12H2,(H,13,16). The lowest BCUT2D eigenvalue weighted by molar-refractivity contribution is -0.115. The number of nitrogens with one attached hydrogen (secondary N) is 1. The number of carbonyl (C=O) groups is 1. The van der Waals surface area contributed by atoms with Crippen LogP contribution < -0.4 is 11.1 Å². The molecule has 3 rings (SSSR count). The molecule has 0 fully saturated rings. The van der Waals surface area contributed by atoms with Crippen LogP contribution in [0.15, 0.2) is 30.3 Å². The van der Waals surface area contributed by atoms with Crippen molar-refractivity contribution in [1.82, 2.24) is 9.78 Å². The number of nitrogens with zero attached hydrogens (tertiary/aromatic N) is 2. The minimum absolute atomic E-state index is 0.0752. The maximum atomic E-state index is 11.1. The summed E-state index contributed by atoms with van der Waals surface area (Å²) < 4.78 is 1.60. The molecule has 0 unspecified atom stereocenters. The van der Waals surface area contributed by atoms with Crippen LogP contribution in [-0.4, -0.2) is 15.7 Å². The number of amides is 1. The molecule has 0 bridgehead atoms. The molecule has 0 saturated heterocycles. The lowest BCUT2D eigenvalue weighted by Gasteiger charge is -1.98. The van der Waals surface area contributed by atoms with Crippen molar-refractivity contribution in [2.45, 2.75) is 6.54 Å². The zero-order chi connectivity index (χ0) is 11.1. The molecule has 0 spiro atoms. The van der Waals surface area contributed by atoms with Crippen LogP contribution in [0.3, 0.4) is 0 Å². The first-order valence-electron chi connectivity index (χ1n) is 4.97. The molecule has 0 aliphatic carbocycles. The molecule has 1 aliphatic heterocycles. The fourth-order valence-corrected chi connectivity index (χ4v) is 1.84. The van der Waals surface area contributed by atoms with Crippen molar-refractivity contribution < 1.29 is 4.79 Å². The molecule has 5 nitrogen and oxygen atoms in total. The fraction of sp³-hybridized carbons (Fsp3) is 0.0909. The van der Waals surface area contributed by atoms with Gasteiger partial charge in [-0.05, 0) is 0 Å². The van der Waals surface area contributed by atoms with E-state index in [4.69, 9.17) is 5.73 Å². The van der Waals surface area contributed by atoms with Gasteiger partial charge in [-0.25, -0.2) is 4.68 Å². The predicted octanol–water partition coefficient (Wildman–Crippen LogP) is 1.08. The van der Waals surface area contributed by atoms with Crippen molar-refractivity contribution in [1.29, 1.82) is 0 Å². The van der Waals surface area contributed by atoms with Gasteiger partial charge in [0.05, 0.1) is 0 Å². The predicted molar refractivity (Wildman–Crippen MR) is 60.7 cm³/mol. The number of anilines is 2. The molecule has 1 amide bonds. The van der Waals surface area contributed by atoms with Gasteiger partial charge in [-0.15, -0.1) is 0 Å². The third-order valence-electron chi connectivity index (χ3n) is 2.59. The molecule has 0 radical (unpaired) electrons. The monoisotopic (exact) mass is 214 g/mol. The third-order valence-corrected chi connectivity index (χ3v) is 2.59. The molecule has 5 heteroatoms. The van der Waals surface area contributed by atoms with Crippen LogP contribution in [0.4, 0.5) is 11.5 Å². The van der Waals surface area contributed by atoms with Crippen molar-refractivity contribution in [3.63, 3.8) is 0 Å². The number of nitrogens with two attached hydrogens (primary N) is 1. The van der Waals surface area contributed by atoms with Crippen molar-refractivity contribution in [3.8, 4) is 11.3 Å². The molecule has 0 saturated carbocycles. The molecule has 3 N–H and O–H groups in total. The maximum Gasteiger partial charge on any atom is 0.247 e. The van der Waals surface area contributed by atoms with Crippen LogP contribution in [-0.2, 0) is 11.3 Å². The number of carbonyl (C=O) groups excluding carboxylic acids is 1. The van der Waals surface area contributed by atoms with Crippen molar-refractivity contribution in [2.24, 2.45) is 0 Å². The first-order valence-corrected chi connectivity index (χ1v) is 4.97. The summed E-state index contributed by atoms with van der Waals surface area (Å²) in [4.78, 5) is 11.1. The minimum atomic E-state index is -0.0752. The van der Waals surface area contributed by atoms with Crippen LogP contribution in [0, 0.1) is 0 Å². The summed E-state index contributed by atoms with van der Waals surface area (Å²) in [5, 5.41) is 7.01. The zero-order valence-electron chi connectivity index (χ0n) is 8.47. The Kier molecular flexibility index (Phi) is 1.73. The smallest absolute Gasteiger partial charge is 0.247 e. The van der Waals surface area contributed by atoms with Crippen molar-refractivity contribution in [2.75, 3.05) is 11.1 Å². The molecule has 2 heterocycles. The summed E-state index contributed by atoms with van der Waals surface area (Å²) >= 11 is 0. The van der Waals surface area contributed by atoms with E-state index in [0.717, 1.165) is 11.3 Å². The van der Waals surface area contributed by atoms with Gasteiger partial charge in [-0.1, -0.05) is 30.3 Å². The Morgan fingerprint density at radius 1 is 1.31 bits per heavy atom. The number of hydrogen-bond donors (Lipinski definition) is 2. The SMILES string of the molecule is Nc1c(-c2ccccc2)nn2c1NC(=O)C2. The van der Waals surface area contributed by atoms with Gasteiger partial charge >= 0.3 is 0 Å². The average molecular weight is 214 g/mol. The van der Waals surface area contributed by atoms with E-state index in [0.29, 0.717) is 11.5 Å². The third kappa shape index (κ3) is 1.18. The largest absolute Gasteiger partial charge is 0.394 e. The van der Waals surface area contributed by atoms with Crippen LogP contribution in [0.25, 0.3) is 11.3 Å². The van der Waals surface area contributed by atoms with Gasteiger partial charge in [0.25, 0.3) is 0 Å². The number of hydrogen-bond acceptors (Lipinski definition) is 3. The van der Waals surface area contributed by atoms with E-state index in [-0.39, 0.29) is 12.5 Å². The number of aromatic nitrogens is 2. The second-order valence-corrected chi connectivity index (χ2v) is 3.68. The van der Waals surface area contributed by atoms with Gasteiger partial charge in [0, 0.05) is 5.56 Å². The van der Waals surface area contributed by atoms with Gasteiger partial charge in [0.1, 0.15) is 17.9 Å². The normalized spacial score (nSPS) is 13.6. The Morgan fingerprint density at radius 3 is 2.75 bits per heavy atom. The Bertz CT molecular complexity index is 559. The number of benzene rings is 1. The molecule has 1 aliphatic rings. The molecule has 2 aromatic rings. The molecule has 0 atom stereocenters. The minimum Gasteiger partial charge on any atom is -0.394 e. The summed E-state index contributed by atoms with van der Waals surface area (Å²) in [5.41, 5.74) is 8.15. The van der Waals surface area contributed by atoms with Crippen LogP contribution in [0.1, 0.15) is 0 Å². The van der Waals surface area contributed by atoms with E-state index >= 15 is 0 Å². The van der Waals surface area contributed by atoms with Crippen LogP contribution >= 0.6 is 0 Å². The first kappa shape index (κ1) is 8.96. The summed E-state index contributed by atoms with van der Waals surface area (Å²) in [6.07, 6.45) is 0. The number of nitrogen functional groups attached to an aromatic ring is 1. The van der Waals surface area contributed by atoms with Crippen molar-refractivity contribution >= 4 is 17.4 Å². The van der Waals surface area contributed by atoms with Gasteiger partial charge in [0.2, 0.25) is 5.91 Å². The summed E-state index contributed by atoms with van der Waals surface area (Å²) in [7, 11) is 0. The highest BCUT2D eigenvalue weighted by atomic mass is 16.2. The maximum absolute atomic E-state index is 11.1. The summed E-state index contributed by atoms with van der Waals surface area (Å²) in [6, 6.07) is 9.67. The topological polar surface area (TPSA) is 72.9 Å². The van der Waals surface area contributed by atoms with Gasteiger partial charge in [0.15, 0.2) is 5.82 Å². The second kappa shape index (κ2) is 3.10.